The van der Waals surface area contributed by atoms with E-state index in [-0.39, 0.29) is 129 Å². The van der Waals surface area contributed by atoms with Crippen LogP contribution in [-0.2, 0) is 44.8 Å². The average molecular weight is 1230 g/mol. The molecule has 1 fully saturated rings. The van der Waals surface area contributed by atoms with Gasteiger partial charge in [-0.3, -0.25) is 48.2 Å². The molecule has 0 saturated carbocycles. The van der Waals surface area contributed by atoms with Crippen LogP contribution in [0.25, 0.3) is 0 Å². The predicted octanol–water partition coefficient (Wildman–Crippen LogP) is 6.29. The van der Waals surface area contributed by atoms with Crippen LogP contribution in [0.5, 0.6) is 23.0 Å². The van der Waals surface area contributed by atoms with Crippen molar-refractivity contribution < 1.29 is 76.7 Å². The number of aliphatic imine (C=N–C) groups is 1. The molecule has 8 rings (SSSR count). The number of imide groups is 1. The van der Waals surface area contributed by atoms with Crippen molar-refractivity contribution >= 4 is 76.6 Å². The molecule has 3 aromatic rings. The molecule has 0 aromatic heterocycles. The maximum atomic E-state index is 14.2. The van der Waals surface area contributed by atoms with Crippen LogP contribution in [0.15, 0.2) is 77.1 Å². The number of anilines is 2. The number of rotatable bonds is 28. The zero-order valence-electron chi connectivity index (χ0n) is 51.9. The first-order valence-corrected chi connectivity index (χ1v) is 30.1. The van der Waals surface area contributed by atoms with E-state index in [4.69, 9.17) is 28.4 Å². The minimum absolute atomic E-state index is 0.00227. The largest absolute Gasteiger partial charge is 0.493 e. The van der Waals surface area contributed by atoms with E-state index in [1.807, 2.05) is 33.9 Å². The lowest BCUT2D eigenvalue weighted by Crippen LogP contribution is -2.53. The number of amides is 9. The molecule has 1 saturated heterocycles. The molecule has 25 nitrogen and oxygen atoms in total. The second-order valence-electron chi connectivity index (χ2n) is 23.4. The highest BCUT2D eigenvalue weighted by Gasteiger charge is 2.46. The molecule has 0 spiro atoms. The van der Waals surface area contributed by atoms with Crippen LogP contribution in [0, 0.1) is 17.8 Å². The zero-order valence-corrected chi connectivity index (χ0v) is 51.9. The second-order valence-corrected chi connectivity index (χ2v) is 23.4. The normalized spacial score (nSPS) is 19.1. The lowest BCUT2D eigenvalue weighted by molar-refractivity contribution is -0.140. The summed E-state index contributed by atoms with van der Waals surface area (Å²) in [4.78, 5) is 128. The summed E-state index contributed by atoms with van der Waals surface area (Å²) < 4.78 is 34.9. The van der Waals surface area contributed by atoms with Gasteiger partial charge in [0, 0.05) is 74.7 Å². The molecule has 5 heterocycles. The maximum absolute atomic E-state index is 14.2. The minimum Gasteiger partial charge on any atom is -0.493 e. The van der Waals surface area contributed by atoms with Crippen molar-refractivity contribution in [2.75, 3.05) is 64.0 Å². The summed E-state index contributed by atoms with van der Waals surface area (Å²) in [5, 5.41) is 22.7. The number of unbranched alkanes of at least 4 members (excludes halogenated alkanes) is 2. The van der Waals surface area contributed by atoms with Gasteiger partial charge in [0.2, 0.25) is 35.4 Å². The Bertz CT molecular complexity index is 3270. The van der Waals surface area contributed by atoms with Gasteiger partial charge in [-0.2, -0.15) is 0 Å². The number of aliphatic hydroxyl groups is 1. The molecule has 6 atom stereocenters. The number of nitrogens with zero attached hydrogens (tertiary/aromatic N) is 5. The molecule has 89 heavy (non-hydrogen) atoms. The van der Waals surface area contributed by atoms with Gasteiger partial charge < -0.3 is 64.6 Å². The van der Waals surface area contributed by atoms with Gasteiger partial charge in [-0.25, -0.2) is 9.69 Å². The average Bonchev–Trinajstić information content (AvgIpc) is 2.01. The Balaban J connectivity index is 0.786. The predicted molar refractivity (Wildman–Crippen MR) is 326 cm³/mol. The van der Waals surface area contributed by atoms with E-state index in [9.17, 15) is 48.3 Å². The summed E-state index contributed by atoms with van der Waals surface area (Å²) >= 11 is 0. The molecule has 5 aliphatic rings. The highest BCUT2D eigenvalue weighted by Crippen LogP contribution is 2.43. The van der Waals surface area contributed by atoms with E-state index in [1.54, 1.807) is 67.6 Å². The topological polar surface area (TPSA) is 303 Å². The van der Waals surface area contributed by atoms with Crippen molar-refractivity contribution in [1.82, 2.24) is 30.7 Å². The Morgan fingerprint density at radius 1 is 0.708 bits per heavy atom. The van der Waals surface area contributed by atoms with E-state index < -0.39 is 54.1 Å². The zero-order chi connectivity index (χ0) is 64.2. The van der Waals surface area contributed by atoms with Gasteiger partial charge in [-0.1, -0.05) is 51.0 Å². The Morgan fingerprint density at radius 2 is 1.36 bits per heavy atom. The van der Waals surface area contributed by atoms with Crippen molar-refractivity contribution in [2.45, 2.75) is 137 Å². The van der Waals surface area contributed by atoms with Gasteiger partial charge in [-0.15, -0.1) is 0 Å². The van der Waals surface area contributed by atoms with E-state index in [0.29, 0.717) is 66.3 Å². The number of carbonyl (C=O) groups is 9. The van der Waals surface area contributed by atoms with Gasteiger partial charge in [0.25, 0.3) is 11.8 Å². The molecular formula is C64H81N9O16. The van der Waals surface area contributed by atoms with E-state index in [2.05, 4.69) is 26.3 Å². The highest BCUT2D eigenvalue weighted by molar-refractivity contribution is 6.07. The Labute approximate surface area is 517 Å². The first-order chi connectivity index (χ1) is 42.6. The van der Waals surface area contributed by atoms with Crippen LogP contribution in [-0.4, -0.2) is 164 Å². The fourth-order valence-corrected chi connectivity index (χ4v) is 11.0. The fraction of sp³-hybridized carbons (Fsp3) is 0.500. The molecule has 3 aromatic carbocycles. The van der Waals surface area contributed by atoms with Gasteiger partial charge in [-0.05, 0) is 94.5 Å². The van der Waals surface area contributed by atoms with Gasteiger partial charge in [0.1, 0.15) is 18.7 Å². The molecule has 0 aliphatic carbocycles. The van der Waals surface area contributed by atoms with Crippen molar-refractivity contribution in [3.63, 3.8) is 0 Å². The third-order valence-electron chi connectivity index (χ3n) is 16.0. The fourth-order valence-electron chi connectivity index (χ4n) is 11.0. The van der Waals surface area contributed by atoms with Gasteiger partial charge >= 0.3 is 6.09 Å². The second kappa shape index (κ2) is 29.9. The Morgan fingerprint density at radius 3 is 2.02 bits per heavy atom. The summed E-state index contributed by atoms with van der Waals surface area (Å²) in [6, 6.07) is 9.82. The number of nitrogens with one attached hydrogen (secondary N) is 4. The van der Waals surface area contributed by atoms with Crippen molar-refractivity contribution in [2.24, 2.45) is 22.7 Å². The molecule has 0 radical (unpaired) electrons. The standard InChI is InChI=1S/C64H81N9O16/c1-36(2)44-29-56(76)70(60(44)79)20-17-54(74)65-19-24-86-23-18-55(75)69-57(37(3)4)59(78)67-40(7)58(77)68-42-15-13-41(14-16-42)35-89-64(83)73-48-31-53(51(85-9)28-46(48)62(81)72-34-39(6)26-49(72)63(73)82)88-22-12-10-11-21-87-52-30-47-45(27-50(52)84-8)61(80)71-33-38(5)25-43(71)32-66-47/h13-16,27-28,30-34,36-37,40,43-44,49,57,63,82H,10-12,17-26,29,35H2,1-9H3,(H,65,74)(H,67,78)(H,68,77)(H,69,75)/t40-,43-,44?,49-,57-,63-/m0/s1. The Hall–Kier alpha value is -8.84. The number of methoxy groups -OCH3 is 2. The van der Waals surface area contributed by atoms with Gasteiger partial charge in [0.15, 0.2) is 29.2 Å². The number of hydrogen-bond acceptors (Lipinski definition) is 17. The number of hydrogen-bond donors (Lipinski definition) is 5. The van der Waals surface area contributed by atoms with Crippen LogP contribution in [0.2, 0.25) is 0 Å². The van der Waals surface area contributed by atoms with E-state index in [1.165, 1.54) is 38.2 Å². The molecule has 5 N–H and O–H groups in total. The van der Waals surface area contributed by atoms with E-state index >= 15 is 0 Å². The SMILES string of the molecule is COc1cc2c(cc1OCCCCCOc1cc3c(cc1OC)C(=O)N1C=C(C)C[C@H]1[C@H](O)N3C(=O)OCc1ccc(NC(=O)[C@H](C)NC(=O)[C@@H](NC(=O)CCOCCNC(=O)CCN3C(=O)CC(C(C)C)C3=O)C(C)C)cc1)N=C[C@@H]1CC(C)=CN1C2=O. The molecule has 1 unspecified atom stereocenters. The number of aliphatic hydroxyl groups excluding tert-OH is 1. The summed E-state index contributed by atoms with van der Waals surface area (Å²) in [7, 11) is 2.96. The van der Waals surface area contributed by atoms with Crippen LogP contribution in [0.3, 0.4) is 0 Å². The monoisotopic (exact) mass is 1230 g/mol. The summed E-state index contributed by atoms with van der Waals surface area (Å²) in [5.74, 6) is -2.42. The first-order valence-electron chi connectivity index (χ1n) is 30.1. The number of benzene rings is 3. The molecule has 478 valence electrons. The van der Waals surface area contributed by atoms with Crippen LogP contribution in [0.1, 0.15) is 126 Å². The van der Waals surface area contributed by atoms with Crippen LogP contribution in [0.4, 0.5) is 21.9 Å². The number of likely N-dealkylation sites (tertiary alicyclic amines) is 1. The number of fused-ring (bicyclic) bond motifs is 4. The van der Waals surface area contributed by atoms with Gasteiger partial charge in [0.05, 0.1) is 75.2 Å². The molecular weight excluding hydrogens is 1150 g/mol. The molecule has 0 bridgehead atoms. The third kappa shape index (κ3) is 16.1. The summed E-state index contributed by atoms with van der Waals surface area (Å²) in [6.07, 6.45) is 5.80. The summed E-state index contributed by atoms with van der Waals surface area (Å²) in [5.41, 5.74) is 3.89. The lowest BCUT2D eigenvalue weighted by Gasteiger charge is -2.31. The molecule has 5 aliphatic heterocycles. The maximum Gasteiger partial charge on any atom is 0.416 e. The van der Waals surface area contributed by atoms with Crippen molar-refractivity contribution in [3.05, 3.63) is 88.8 Å². The van der Waals surface area contributed by atoms with Crippen LogP contribution < -0.4 is 45.1 Å². The number of ether oxygens (including phenoxy) is 6. The molecule has 9 amide bonds. The Kier molecular flexibility index (Phi) is 22.2. The molecule has 25 heteroatoms. The first kappa shape index (κ1) is 66.1. The van der Waals surface area contributed by atoms with Crippen molar-refractivity contribution in [1.29, 1.82) is 0 Å². The lowest BCUT2D eigenvalue weighted by atomic mass is 9.94. The summed E-state index contributed by atoms with van der Waals surface area (Å²) in [6.45, 7) is 13.1. The quantitative estimate of drug-likeness (QED) is 0.0394. The third-order valence-corrected chi connectivity index (χ3v) is 16.0. The van der Waals surface area contributed by atoms with E-state index in [0.717, 1.165) is 27.4 Å². The highest BCUT2D eigenvalue weighted by atomic mass is 16.6. The smallest absolute Gasteiger partial charge is 0.416 e. The van der Waals surface area contributed by atoms with Crippen molar-refractivity contribution in [3.8, 4) is 23.0 Å². The number of carbonyl (C=O) groups excluding carboxylic acids is 9. The van der Waals surface area contributed by atoms with Crippen LogP contribution >= 0.6 is 0 Å². The minimum atomic E-state index is -1.53.